The van der Waals surface area contributed by atoms with Gasteiger partial charge in [-0.3, -0.25) is 4.79 Å². The minimum absolute atomic E-state index is 0.156. The van der Waals surface area contributed by atoms with Crippen LogP contribution >= 0.6 is 11.6 Å². The van der Waals surface area contributed by atoms with Crippen LogP contribution in [0.1, 0.15) is 21.7 Å². The van der Waals surface area contributed by atoms with Gasteiger partial charge in [0.05, 0.1) is 18.3 Å². The first-order valence-electron chi connectivity index (χ1n) is 9.60. The number of carbonyl (C=O) groups excluding carboxylic acids is 1. The van der Waals surface area contributed by atoms with Crippen LogP contribution in [0.5, 0.6) is 11.5 Å². The van der Waals surface area contributed by atoms with Gasteiger partial charge in [-0.25, -0.2) is 9.82 Å². The molecule has 0 fully saturated rings. The lowest BCUT2D eigenvalue weighted by Crippen LogP contribution is -2.16. The van der Waals surface area contributed by atoms with E-state index in [9.17, 15) is 9.18 Å². The van der Waals surface area contributed by atoms with Crippen LogP contribution in [0.3, 0.4) is 0 Å². The van der Waals surface area contributed by atoms with Gasteiger partial charge in [0.15, 0.2) is 17.3 Å². The first-order chi connectivity index (χ1) is 15.5. The Hall–Kier alpha value is -3.84. The molecule has 0 spiro atoms. The average Bonchev–Trinajstić information content (AvgIpc) is 3.23. The van der Waals surface area contributed by atoms with E-state index >= 15 is 0 Å². The Balaban J connectivity index is 1.44. The predicted octanol–water partition coefficient (Wildman–Crippen LogP) is 5.58. The summed E-state index contributed by atoms with van der Waals surface area (Å²) < 4.78 is 29.7. The number of para-hydroxylation sites is 1. The van der Waals surface area contributed by atoms with Gasteiger partial charge in [0.1, 0.15) is 18.0 Å². The highest BCUT2D eigenvalue weighted by molar-refractivity contribution is 6.32. The van der Waals surface area contributed by atoms with Crippen molar-refractivity contribution in [2.45, 2.75) is 6.61 Å². The van der Waals surface area contributed by atoms with Crippen LogP contribution in [0.15, 0.2) is 76.2 Å². The number of benzene rings is 3. The van der Waals surface area contributed by atoms with Crippen molar-refractivity contribution in [1.82, 2.24) is 5.43 Å². The fourth-order valence-electron chi connectivity index (χ4n) is 3.00. The van der Waals surface area contributed by atoms with Crippen molar-refractivity contribution in [3.63, 3.8) is 0 Å². The fraction of sp³-hybridized carbons (Fsp3) is 0.0833. The molecule has 0 atom stereocenters. The lowest BCUT2D eigenvalue weighted by atomic mass is 10.2. The number of furan rings is 1. The Kier molecular flexibility index (Phi) is 6.37. The van der Waals surface area contributed by atoms with Gasteiger partial charge in [-0.15, -0.1) is 0 Å². The predicted molar refractivity (Wildman–Crippen MR) is 120 cm³/mol. The number of rotatable bonds is 7. The van der Waals surface area contributed by atoms with Crippen LogP contribution < -0.4 is 14.9 Å². The van der Waals surface area contributed by atoms with Crippen LogP contribution in [-0.4, -0.2) is 19.2 Å². The van der Waals surface area contributed by atoms with Crippen molar-refractivity contribution >= 4 is 34.7 Å². The Bertz CT molecular complexity index is 1250. The largest absolute Gasteiger partial charge is 0.493 e. The molecule has 4 aromatic rings. The molecule has 0 bridgehead atoms. The molecule has 8 heteroatoms. The number of hydrogen-bond donors (Lipinski definition) is 1. The highest BCUT2D eigenvalue weighted by atomic mass is 35.5. The van der Waals surface area contributed by atoms with Crippen molar-refractivity contribution in [2.24, 2.45) is 5.10 Å². The summed E-state index contributed by atoms with van der Waals surface area (Å²) in [5.74, 6) is 0.102. The van der Waals surface area contributed by atoms with Crippen LogP contribution in [0.2, 0.25) is 5.02 Å². The number of hydrazone groups is 1. The molecule has 0 saturated carbocycles. The Morgan fingerprint density at radius 3 is 2.69 bits per heavy atom. The molecule has 6 nitrogen and oxygen atoms in total. The quantitative estimate of drug-likeness (QED) is 0.293. The molecule has 1 aromatic heterocycles. The molecule has 1 heterocycles. The zero-order valence-electron chi connectivity index (χ0n) is 17.0. The monoisotopic (exact) mass is 452 g/mol. The molecule has 162 valence electrons. The summed E-state index contributed by atoms with van der Waals surface area (Å²) in [4.78, 5) is 12.3. The van der Waals surface area contributed by atoms with E-state index in [1.807, 2.05) is 18.2 Å². The molecule has 1 N–H and O–H groups in total. The number of nitrogens with one attached hydrogen (secondary N) is 1. The maximum atomic E-state index is 13.0. The molecule has 0 aliphatic heterocycles. The number of nitrogens with zero attached hydrogens (tertiary/aromatic N) is 1. The summed E-state index contributed by atoms with van der Waals surface area (Å²) in [6.07, 6.45) is 1.43. The zero-order chi connectivity index (χ0) is 22.5. The van der Waals surface area contributed by atoms with E-state index in [-0.39, 0.29) is 18.2 Å². The van der Waals surface area contributed by atoms with E-state index in [1.54, 1.807) is 36.4 Å². The first kappa shape index (κ1) is 21.4. The molecule has 0 unspecified atom stereocenters. The summed E-state index contributed by atoms with van der Waals surface area (Å²) in [6, 6.07) is 18.2. The molecule has 32 heavy (non-hydrogen) atoms. The third-order valence-electron chi connectivity index (χ3n) is 4.58. The van der Waals surface area contributed by atoms with Crippen LogP contribution in [0.4, 0.5) is 4.39 Å². The number of fused-ring (bicyclic) bond motifs is 1. The second-order valence-corrected chi connectivity index (χ2v) is 7.20. The molecule has 0 saturated heterocycles. The standard InChI is InChI=1S/C24H18ClFN2O4/c1-30-21-11-16(10-19(25)23(21)31-14-15-6-8-18(26)9-7-15)13-27-28-24(29)22-12-17-4-2-3-5-20(17)32-22/h2-13H,14H2,1H3,(H,28,29)/b27-13+. The van der Waals surface area contributed by atoms with Gasteiger partial charge in [-0.2, -0.15) is 5.10 Å². The van der Waals surface area contributed by atoms with Gasteiger partial charge >= 0.3 is 5.91 Å². The lowest BCUT2D eigenvalue weighted by Gasteiger charge is -2.13. The number of amides is 1. The highest BCUT2D eigenvalue weighted by Crippen LogP contribution is 2.36. The van der Waals surface area contributed by atoms with Crippen LogP contribution in [0, 0.1) is 5.82 Å². The van der Waals surface area contributed by atoms with E-state index in [2.05, 4.69) is 10.5 Å². The number of carbonyl (C=O) groups is 1. The molecule has 0 aliphatic rings. The summed E-state index contributed by atoms with van der Waals surface area (Å²) in [5.41, 5.74) is 4.41. The van der Waals surface area contributed by atoms with Crippen LogP contribution in [0.25, 0.3) is 11.0 Å². The zero-order valence-corrected chi connectivity index (χ0v) is 17.7. The topological polar surface area (TPSA) is 73.1 Å². The number of ether oxygens (including phenoxy) is 2. The van der Waals surface area contributed by atoms with E-state index in [1.165, 1.54) is 25.5 Å². The van der Waals surface area contributed by atoms with Gasteiger partial charge in [0.25, 0.3) is 0 Å². The van der Waals surface area contributed by atoms with Crippen molar-refractivity contribution in [3.05, 3.63) is 94.5 Å². The molecular formula is C24H18ClFN2O4. The van der Waals surface area contributed by atoms with Crippen molar-refractivity contribution in [2.75, 3.05) is 7.11 Å². The van der Waals surface area contributed by atoms with Crippen molar-refractivity contribution in [1.29, 1.82) is 0 Å². The molecule has 0 aliphatic carbocycles. The van der Waals surface area contributed by atoms with Gasteiger partial charge in [-0.1, -0.05) is 41.9 Å². The second-order valence-electron chi connectivity index (χ2n) is 6.80. The number of hydrogen-bond acceptors (Lipinski definition) is 5. The minimum atomic E-state index is -0.477. The molecule has 1 amide bonds. The smallest absolute Gasteiger partial charge is 0.307 e. The maximum Gasteiger partial charge on any atom is 0.307 e. The van der Waals surface area contributed by atoms with Gasteiger partial charge in [0.2, 0.25) is 0 Å². The van der Waals surface area contributed by atoms with E-state index < -0.39 is 5.91 Å². The Morgan fingerprint density at radius 1 is 1.16 bits per heavy atom. The Morgan fingerprint density at radius 2 is 1.94 bits per heavy atom. The maximum absolute atomic E-state index is 13.0. The summed E-state index contributed by atoms with van der Waals surface area (Å²) in [7, 11) is 1.49. The first-order valence-corrected chi connectivity index (χ1v) is 9.98. The van der Waals surface area contributed by atoms with Crippen LogP contribution in [-0.2, 0) is 6.61 Å². The Labute approximate surface area is 188 Å². The third-order valence-corrected chi connectivity index (χ3v) is 4.86. The van der Waals surface area contributed by atoms with Gasteiger partial charge in [-0.05, 0) is 47.5 Å². The number of methoxy groups -OCH3 is 1. The highest BCUT2D eigenvalue weighted by Gasteiger charge is 2.13. The molecular weight excluding hydrogens is 435 g/mol. The second kappa shape index (κ2) is 9.53. The van der Waals surface area contributed by atoms with E-state index in [0.717, 1.165) is 10.9 Å². The lowest BCUT2D eigenvalue weighted by molar-refractivity contribution is 0.0929. The summed E-state index contributed by atoms with van der Waals surface area (Å²) >= 11 is 6.36. The number of halogens is 2. The summed E-state index contributed by atoms with van der Waals surface area (Å²) in [5, 5.41) is 5.09. The van der Waals surface area contributed by atoms with E-state index in [0.29, 0.717) is 27.7 Å². The van der Waals surface area contributed by atoms with E-state index in [4.69, 9.17) is 25.5 Å². The molecule has 0 radical (unpaired) electrons. The summed E-state index contributed by atoms with van der Waals surface area (Å²) in [6.45, 7) is 0.192. The average molecular weight is 453 g/mol. The van der Waals surface area contributed by atoms with Crippen molar-refractivity contribution in [3.8, 4) is 11.5 Å². The fourth-order valence-corrected chi connectivity index (χ4v) is 3.28. The van der Waals surface area contributed by atoms with Crippen molar-refractivity contribution < 1.29 is 23.1 Å². The SMILES string of the molecule is COc1cc(/C=N/NC(=O)c2cc3ccccc3o2)cc(Cl)c1OCc1ccc(F)cc1. The van der Waals surface area contributed by atoms with Gasteiger partial charge in [0, 0.05) is 5.39 Å². The minimum Gasteiger partial charge on any atom is -0.493 e. The normalized spacial score (nSPS) is 11.1. The molecule has 4 rings (SSSR count). The van der Waals surface area contributed by atoms with Gasteiger partial charge < -0.3 is 13.9 Å². The third kappa shape index (κ3) is 4.90. The molecule has 3 aromatic carbocycles.